The molecule has 1 N–H and O–H groups in total. The number of hydrogen-bond donors (Lipinski definition) is 1. The van der Waals surface area contributed by atoms with E-state index >= 15 is 0 Å². The highest BCUT2D eigenvalue weighted by Gasteiger charge is 2.31. The Morgan fingerprint density at radius 1 is 0.912 bits per heavy atom. The van der Waals surface area contributed by atoms with Crippen molar-refractivity contribution in [3.05, 3.63) is 42.0 Å². The van der Waals surface area contributed by atoms with Gasteiger partial charge < -0.3 is 29.2 Å². The first kappa shape index (κ1) is 25.2. The molecular formula is C26H34N2O6. The highest BCUT2D eigenvalue weighted by Crippen LogP contribution is 2.39. The van der Waals surface area contributed by atoms with Gasteiger partial charge in [0.1, 0.15) is 5.75 Å². The van der Waals surface area contributed by atoms with E-state index in [-0.39, 0.29) is 17.7 Å². The van der Waals surface area contributed by atoms with Gasteiger partial charge in [-0.2, -0.15) is 0 Å². The minimum Gasteiger partial charge on any atom is -0.494 e. The fourth-order valence-corrected chi connectivity index (χ4v) is 3.92. The number of benzene rings is 2. The van der Waals surface area contributed by atoms with Crippen LogP contribution in [0.3, 0.4) is 0 Å². The average molecular weight is 471 g/mol. The molecule has 1 unspecified atom stereocenters. The molecule has 1 aliphatic rings. The number of amides is 2. The Morgan fingerprint density at radius 2 is 1.50 bits per heavy atom. The van der Waals surface area contributed by atoms with E-state index in [2.05, 4.69) is 5.32 Å². The lowest BCUT2D eigenvalue weighted by Crippen LogP contribution is -2.31. The molecule has 0 aromatic heterocycles. The third-order valence-electron chi connectivity index (χ3n) is 5.39. The number of carbonyl (C=O) groups excluding carboxylic acids is 2. The van der Waals surface area contributed by atoms with Gasteiger partial charge >= 0.3 is 0 Å². The quantitative estimate of drug-likeness (QED) is 0.503. The summed E-state index contributed by atoms with van der Waals surface area (Å²) in [6.45, 7) is 10.4. The van der Waals surface area contributed by atoms with Gasteiger partial charge in [-0.25, -0.2) is 0 Å². The number of nitrogens with one attached hydrogen (secondary N) is 1. The van der Waals surface area contributed by atoms with Crippen LogP contribution in [-0.4, -0.2) is 51.3 Å². The van der Waals surface area contributed by atoms with E-state index in [1.807, 2.05) is 52.0 Å². The zero-order chi connectivity index (χ0) is 24.5. The lowest BCUT2D eigenvalue weighted by Gasteiger charge is -2.18. The summed E-state index contributed by atoms with van der Waals surface area (Å²) in [4.78, 5) is 27.3. The summed E-state index contributed by atoms with van der Waals surface area (Å²) in [6, 6.07) is 10.8. The second-order valence-corrected chi connectivity index (χ2v) is 7.81. The fraction of sp³-hybridized carbons (Fsp3) is 0.462. The van der Waals surface area contributed by atoms with Gasteiger partial charge in [-0.1, -0.05) is 0 Å². The van der Waals surface area contributed by atoms with Gasteiger partial charge in [-0.05, 0) is 64.1 Å². The smallest absolute Gasteiger partial charge is 0.251 e. The number of rotatable bonds is 12. The normalized spacial score (nSPS) is 15.2. The number of nitrogens with zero attached hydrogens (tertiary/aromatic N) is 1. The standard InChI is InChI=1S/C26H34N2O6/c1-5-31-21-11-9-20(10-12-21)28-17-18(13-24(28)29)16-27-26(30)19-14-22(32-6-2)25(34-8-4)23(15-19)33-7-3/h9-12,14-15,18H,5-8,13,16-17H2,1-4H3,(H,27,30). The number of hydrogen-bond acceptors (Lipinski definition) is 6. The first-order valence-electron chi connectivity index (χ1n) is 11.9. The topological polar surface area (TPSA) is 86.3 Å². The highest BCUT2D eigenvalue weighted by molar-refractivity contribution is 5.97. The van der Waals surface area contributed by atoms with Crippen LogP contribution in [-0.2, 0) is 4.79 Å². The predicted octanol–water partition coefficient (Wildman–Crippen LogP) is 4.06. The van der Waals surface area contributed by atoms with E-state index in [0.717, 1.165) is 11.4 Å². The van der Waals surface area contributed by atoms with E-state index in [0.29, 0.717) is 68.7 Å². The van der Waals surface area contributed by atoms with Crippen LogP contribution < -0.4 is 29.2 Å². The van der Waals surface area contributed by atoms with E-state index in [1.165, 1.54) is 0 Å². The minimum atomic E-state index is -0.253. The summed E-state index contributed by atoms with van der Waals surface area (Å²) in [5, 5.41) is 2.96. The zero-order valence-electron chi connectivity index (χ0n) is 20.4. The van der Waals surface area contributed by atoms with Crippen molar-refractivity contribution in [3.63, 3.8) is 0 Å². The summed E-state index contributed by atoms with van der Waals surface area (Å²) in [5.41, 5.74) is 1.25. The van der Waals surface area contributed by atoms with Crippen LogP contribution in [0.2, 0.25) is 0 Å². The van der Waals surface area contributed by atoms with Gasteiger partial charge in [-0.3, -0.25) is 9.59 Å². The molecule has 8 nitrogen and oxygen atoms in total. The summed E-state index contributed by atoms with van der Waals surface area (Å²) in [7, 11) is 0. The Hall–Kier alpha value is -3.42. The molecule has 184 valence electrons. The highest BCUT2D eigenvalue weighted by atomic mass is 16.5. The number of ether oxygens (including phenoxy) is 4. The maximum atomic E-state index is 12.9. The monoisotopic (exact) mass is 470 g/mol. The third kappa shape index (κ3) is 6.12. The van der Waals surface area contributed by atoms with Crippen LogP contribution >= 0.6 is 0 Å². The summed E-state index contributed by atoms with van der Waals surface area (Å²) in [5.74, 6) is 2.02. The molecule has 1 fully saturated rings. The largest absolute Gasteiger partial charge is 0.494 e. The summed E-state index contributed by atoms with van der Waals surface area (Å²) in [6.07, 6.45) is 0.380. The van der Waals surface area contributed by atoms with E-state index in [1.54, 1.807) is 17.0 Å². The van der Waals surface area contributed by atoms with Crippen LogP contribution in [0.15, 0.2) is 36.4 Å². The number of carbonyl (C=O) groups is 2. The van der Waals surface area contributed by atoms with Crippen LogP contribution in [0.1, 0.15) is 44.5 Å². The lowest BCUT2D eigenvalue weighted by atomic mass is 10.1. The molecule has 0 bridgehead atoms. The molecule has 0 spiro atoms. The lowest BCUT2D eigenvalue weighted by molar-refractivity contribution is -0.117. The average Bonchev–Trinajstić information content (AvgIpc) is 3.21. The molecule has 1 saturated heterocycles. The molecule has 1 aliphatic heterocycles. The molecule has 0 radical (unpaired) electrons. The maximum Gasteiger partial charge on any atom is 0.251 e. The van der Waals surface area contributed by atoms with Gasteiger partial charge in [0.15, 0.2) is 11.5 Å². The molecular weight excluding hydrogens is 436 g/mol. The van der Waals surface area contributed by atoms with Crippen molar-refractivity contribution in [1.29, 1.82) is 0 Å². The van der Waals surface area contributed by atoms with E-state index in [4.69, 9.17) is 18.9 Å². The van der Waals surface area contributed by atoms with E-state index < -0.39 is 0 Å². The molecule has 0 saturated carbocycles. The van der Waals surface area contributed by atoms with Crippen molar-refractivity contribution in [2.75, 3.05) is 44.4 Å². The molecule has 1 heterocycles. The summed E-state index contributed by atoms with van der Waals surface area (Å²) < 4.78 is 22.6. The van der Waals surface area contributed by atoms with Crippen LogP contribution in [0.4, 0.5) is 5.69 Å². The Labute approximate surface area is 201 Å². The predicted molar refractivity (Wildman–Crippen MR) is 130 cm³/mol. The Balaban J connectivity index is 1.66. The molecule has 1 atom stereocenters. The molecule has 3 rings (SSSR count). The van der Waals surface area contributed by atoms with Crippen LogP contribution in [0.5, 0.6) is 23.0 Å². The van der Waals surface area contributed by atoms with Gasteiger partial charge in [0.2, 0.25) is 11.7 Å². The van der Waals surface area contributed by atoms with Gasteiger partial charge in [0.25, 0.3) is 5.91 Å². The Morgan fingerprint density at radius 3 is 2.06 bits per heavy atom. The zero-order valence-corrected chi connectivity index (χ0v) is 20.4. The molecule has 34 heavy (non-hydrogen) atoms. The van der Waals surface area contributed by atoms with Crippen molar-refractivity contribution in [3.8, 4) is 23.0 Å². The molecule has 2 amide bonds. The first-order valence-corrected chi connectivity index (χ1v) is 11.9. The Kier molecular flexibility index (Phi) is 9.01. The SMILES string of the molecule is CCOc1ccc(N2CC(CNC(=O)c3cc(OCC)c(OCC)c(OCC)c3)CC2=O)cc1. The molecule has 8 heteroatoms. The molecule has 2 aromatic carbocycles. The number of anilines is 1. The first-order chi connectivity index (χ1) is 16.5. The van der Waals surface area contributed by atoms with Crippen molar-refractivity contribution in [2.45, 2.75) is 34.1 Å². The van der Waals surface area contributed by atoms with Gasteiger partial charge in [-0.15, -0.1) is 0 Å². The van der Waals surface area contributed by atoms with Crippen molar-refractivity contribution in [2.24, 2.45) is 5.92 Å². The second-order valence-electron chi connectivity index (χ2n) is 7.81. The Bertz CT molecular complexity index is 949. The van der Waals surface area contributed by atoms with Crippen molar-refractivity contribution >= 4 is 17.5 Å². The maximum absolute atomic E-state index is 12.9. The van der Waals surface area contributed by atoms with Crippen molar-refractivity contribution < 1.29 is 28.5 Å². The van der Waals surface area contributed by atoms with Gasteiger partial charge in [0, 0.05) is 36.7 Å². The molecule has 0 aliphatic carbocycles. The summed E-state index contributed by atoms with van der Waals surface area (Å²) >= 11 is 0. The molecule has 2 aromatic rings. The van der Waals surface area contributed by atoms with Crippen LogP contribution in [0.25, 0.3) is 0 Å². The van der Waals surface area contributed by atoms with Crippen LogP contribution in [0, 0.1) is 5.92 Å². The fourth-order valence-electron chi connectivity index (χ4n) is 3.92. The van der Waals surface area contributed by atoms with E-state index in [9.17, 15) is 9.59 Å². The minimum absolute atomic E-state index is 0.0171. The van der Waals surface area contributed by atoms with Gasteiger partial charge in [0.05, 0.1) is 26.4 Å². The third-order valence-corrected chi connectivity index (χ3v) is 5.39. The second kappa shape index (κ2) is 12.2. The van der Waals surface area contributed by atoms with Crippen molar-refractivity contribution in [1.82, 2.24) is 5.32 Å².